The van der Waals surface area contributed by atoms with Gasteiger partial charge in [-0.1, -0.05) is 42.5 Å². The Morgan fingerprint density at radius 3 is 2.42 bits per heavy atom. The number of furan rings is 1. The number of halogens is 3. The van der Waals surface area contributed by atoms with Crippen LogP contribution in [0.15, 0.2) is 71.1 Å². The van der Waals surface area contributed by atoms with Crippen molar-refractivity contribution in [2.75, 3.05) is 13.1 Å². The summed E-state index contributed by atoms with van der Waals surface area (Å²) < 4.78 is 47.2. The Hall–Kier alpha value is -3.52. The van der Waals surface area contributed by atoms with Gasteiger partial charge in [0.05, 0.1) is 11.1 Å². The molecule has 5 nitrogen and oxygen atoms in total. The Morgan fingerprint density at radius 1 is 0.972 bits per heavy atom. The standard InChI is InChI=1S/C28H28F3N3O2/c1-19-14-24-26(36-19)16-25(34(24)18-21-8-5-9-22(15-21)28(29,30)31)27(35)32-23-10-12-33(13-11-23)17-20-6-3-2-4-7-20/h2-9,14-16,23H,10-13,17-18H2,1H3,(H,32,35). The number of fused-ring (bicyclic) bond motifs is 1. The van der Waals surface area contributed by atoms with Gasteiger partial charge in [-0.25, -0.2) is 0 Å². The van der Waals surface area contributed by atoms with Crippen molar-refractivity contribution in [2.45, 2.75) is 45.1 Å². The lowest BCUT2D eigenvalue weighted by molar-refractivity contribution is -0.137. The van der Waals surface area contributed by atoms with Crippen molar-refractivity contribution >= 4 is 17.0 Å². The van der Waals surface area contributed by atoms with Gasteiger partial charge in [0.2, 0.25) is 0 Å². The van der Waals surface area contributed by atoms with Crippen LogP contribution >= 0.6 is 0 Å². The van der Waals surface area contributed by atoms with Crippen LogP contribution in [0, 0.1) is 6.92 Å². The molecule has 0 unspecified atom stereocenters. The average molecular weight is 496 g/mol. The highest BCUT2D eigenvalue weighted by Gasteiger charge is 2.30. The maximum Gasteiger partial charge on any atom is 0.416 e. The smallest absolute Gasteiger partial charge is 0.416 e. The number of carbonyl (C=O) groups excluding carboxylic acids is 1. The number of amides is 1. The van der Waals surface area contributed by atoms with Crippen molar-refractivity contribution in [2.24, 2.45) is 0 Å². The summed E-state index contributed by atoms with van der Waals surface area (Å²) in [6.07, 6.45) is -2.76. The summed E-state index contributed by atoms with van der Waals surface area (Å²) in [5, 5.41) is 3.14. The van der Waals surface area contributed by atoms with Crippen LogP contribution in [0.1, 0.15) is 45.8 Å². The number of nitrogens with one attached hydrogen (secondary N) is 1. The molecule has 3 heterocycles. The monoisotopic (exact) mass is 495 g/mol. The van der Waals surface area contributed by atoms with Crippen molar-refractivity contribution in [3.8, 4) is 0 Å². The minimum atomic E-state index is -4.43. The molecule has 0 saturated carbocycles. The van der Waals surface area contributed by atoms with E-state index in [0.717, 1.165) is 44.6 Å². The number of rotatable bonds is 6. The van der Waals surface area contributed by atoms with E-state index in [1.807, 2.05) is 24.3 Å². The van der Waals surface area contributed by atoms with Crippen molar-refractivity contribution in [1.29, 1.82) is 0 Å². The molecule has 2 aromatic heterocycles. The summed E-state index contributed by atoms with van der Waals surface area (Å²) in [5.74, 6) is 0.433. The Balaban J connectivity index is 1.30. The predicted octanol–water partition coefficient (Wildman–Crippen LogP) is 6.00. The Labute approximate surface area is 207 Å². The van der Waals surface area contributed by atoms with Gasteiger partial charge in [-0.05, 0) is 43.0 Å². The highest BCUT2D eigenvalue weighted by molar-refractivity contribution is 5.97. The van der Waals surface area contributed by atoms with Gasteiger partial charge in [0.25, 0.3) is 5.91 Å². The summed E-state index contributed by atoms with van der Waals surface area (Å²) in [6.45, 7) is 4.58. The number of nitrogens with zero attached hydrogens (tertiary/aromatic N) is 2. The molecule has 36 heavy (non-hydrogen) atoms. The summed E-state index contributed by atoms with van der Waals surface area (Å²) in [4.78, 5) is 15.7. The first-order chi connectivity index (χ1) is 17.3. The summed E-state index contributed by atoms with van der Waals surface area (Å²) >= 11 is 0. The number of benzene rings is 2. The molecule has 2 aromatic carbocycles. The molecule has 0 radical (unpaired) electrons. The first-order valence-corrected chi connectivity index (χ1v) is 12.1. The molecule has 1 amide bonds. The van der Waals surface area contributed by atoms with Crippen LogP contribution in [0.25, 0.3) is 11.1 Å². The molecule has 188 valence electrons. The van der Waals surface area contributed by atoms with Crippen molar-refractivity contribution in [1.82, 2.24) is 14.8 Å². The van der Waals surface area contributed by atoms with E-state index in [4.69, 9.17) is 4.42 Å². The SMILES string of the molecule is Cc1cc2c(cc(C(=O)NC3CCN(Cc4ccccc4)CC3)n2Cc2cccc(C(F)(F)F)c2)o1. The number of aromatic nitrogens is 1. The number of aryl methyl sites for hydroxylation is 1. The first kappa shape index (κ1) is 24.2. The molecule has 0 bridgehead atoms. The van der Waals surface area contributed by atoms with E-state index in [1.165, 1.54) is 11.6 Å². The molecule has 8 heteroatoms. The topological polar surface area (TPSA) is 50.4 Å². The lowest BCUT2D eigenvalue weighted by Crippen LogP contribution is -2.44. The quantitative estimate of drug-likeness (QED) is 0.357. The second-order valence-electron chi connectivity index (χ2n) is 9.43. The molecule has 0 atom stereocenters. The van der Waals surface area contributed by atoms with Crippen LogP contribution in [0.3, 0.4) is 0 Å². The van der Waals surface area contributed by atoms with E-state index in [0.29, 0.717) is 28.1 Å². The molecule has 4 aromatic rings. The summed E-state index contributed by atoms with van der Waals surface area (Å²) in [7, 11) is 0. The third-order valence-electron chi connectivity index (χ3n) is 6.71. The number of likely N-dealkylation sites (tertiary alicyclic amines) is 1. The molecule has 0 aliphatic carbocycles. The van der Waals surface area contributed by atoms with E-state index in [2.05, 4.69) is 22.3 Å². The Bertz CT molecular complexity index is 1350. The molecule has 5 rings (SSSR count). The van der Waals surface area contributed by atoms with Gasteiger partial charge in [-0.15, -0.1) is 0 Å². The van der Waals surface area contributed by atoms with Gasteiger partial charge in [0.15, 0.2) is 5.58 Å². The van der Waals surface area contributed by atoms with Crippen LogP contribution in [0.5, 0.6) is 0 Å². The molecule has 1 aliphatic heterocycles. The minimum absolute atomic E-state index is 0.0365. The van der Waals surface area contributed by atoms with Crippen LogP contribution in [-0.4, -0.2) is 34.5 Å². The third-order valence-corrected chi connectivity index (χ3v) is 6.71. The lowest BCUT2D eigenvalue weighted by Gasteiger charge is -2.32. The minimum Gasteiger partial charge on any atom is -0.460 e. The molecular formula is C28H28F3N3O2. The van der Waals surface area contributed by atoms with Gasteiger partial charge in [-0.3, -0.25) is 9.69 Å². The molecule has 0 spiro atoms. The zero-order chi connectivity index (χ0) is 25.3. The molecular weight excluding hydrogens is 467 g/mol. The van der Waals surface area contributed by atoms with Gasteiger partial charge < -0.3 is 14.3 Å². The fourth-order valence-electron chi connectivity index (χ4n) is 4.89. The zero-order valence-corrected chi connectivity index (χ0v) is 20.0. The molecule has 1 saturated heterocycles. The highest BCUT2D eigenvalue weighted by Crippen LogP contribution is 2.31. The number of carbonyl (C=O) groups is 1. The zero-order valence-electron chi connectivity index (χ0n) is 20.0. The van der Waals surface area contributed by atoms with Crippen molar-refractivity contribution < 1.29 is 22.4 Å². The van der Waals surface area contributed by atoms with Crippen LogP contribution < -0.4 is 5.32 Å². The van der Waals surface area contributed by atoms with Crippen molar-refractivity contribution in [3.63, 3.8) is 0 Å². The third kappa shape index (κ3) is 5.33. The number of hydrogen-bond donors (Lipinski definition) is 1. The normalized spacial score (nSPS) is 15.4. The second kappa shape index (κ2) is 9.85. The van der Waals surface area contributed by atoms with Gasteiger partial charge in [0, 0.05) is 44.4 Å². The number of piperidine rings is 1. The van der Waals surface area contributed by atoms with Gasteiger partial charge in [-0.2, -0.15) is 13.2 Å². The van der Waals surface area contributed by atoms with Crippen molar-refractivity contribution in [3.05, 3.63) is 94.9 Å². The van der Waals surface area contributed by atoms with Crippen LogP contribution in [-0.2, 0) is 19.3 Å². The average Bonchev–Trinajstić information content (AvgIpc) is 3.37. The summed E-state index contributed by atoms with van der Waals surface area (Å²) in [6, 6.07) is 19.0. The number of hydrogen-bond acceptors (Lipinski definition) is 3. The van der Waals surface area contributed by atoms with Crippen LogP contribution in [0.2, 0.25) is 0 Å². The number of alkyl halides is 3. The van der Waals surface area contributed by atoms with Gasteiger partial charge >= 0.3 is 6.18 Å². The maximum absolute atomic E-state index is 13.3. The Morgan fingerprint density at radius 2 is 1.69 bits per heavy atom. The van der Waals surface area contributed by atoms with Crippen LogP contribution in [0.4, 0.5) is 13.2 Å². The first-order valence-electron chi connectivity index (χ1n) is 12.1. The molecule has 1 aliphatic rings. The largest absolute Gasteiger partial charge is 0.460 e. The fourth-order valence-corrected chi connectivity index (χ4v) is 4.89. The van der Waals surface area contributed by atoms with E-state index in [9.17, 15) is 18.0 Å². The highest BCUT2D eigenvalue weighted by atomic mass is 19.4. The second-order valence-corrected chi connectivity index (χ2v) is 9.43. The van der Waals surface area contributed by atoms with Gasteiger partial charge in [0.1, 0.15) is 11.5 Å². The summed E-state index contributed by atoms with van der Waals surface area (Å²) in [5.41, 5.74) is 2.64. The molecule has 1 fully saturated rings. The van der Waals surface area contributed by atoms with E-state index >= 15 is 0 Å². The van der Waals surface area contributed by atoms with E-state index in [-0.39, 0.29) is 18.5 Å². The predicted molar refractivity (Wildman–Crippen MR) is 132 cm³/mol. The lowest BCUT2D eigenvalue weighted by atomic mass is 10.0. The molecule has 1 N–H and O–H groups in total. The maximum atomic E-state index is 13.3. The Kier molecular flexibility index (Phi) is 6.62. The fraction of sp³-hybridized carbons (Fsp3) is 0.321. The van der Waals surface area contributed by atoms with E-state index < -0.39 is 11.7 Å². The van der Waals surface area contributed by atoms with E-state index in [1.54, 1.807) is 23.6 Å².